The molecule has 70 valence electrons. The summed E-state index contributed by atoms with van der Waals surface area (Å²) in [7, 11) is 0. The number of halogens is 3. The van der Waals surface area contributed by atoms with Crippen molar-refractivity contribution in [3.63, 3.8) is 0 Å². The van der Waals surface area contributed by atoms with Gasteiger partial charge in [-0.3, -0.25) is 0 Å². The van der Waals surface area contributed by atoms with E-state index in [-0.39, 0.29) is 5.41 Å². The molecule has 13 heavy (non-hydrogen) atoms. The Labute approximate surface area is 84.1 Å². The second kappa shape index (κ2) is 3.05. The summed E-state index contributed by atoms with van der Waals surface area (Å²) in [6.45, 7) is 0. The number of alkyl halides is 1. The highest BCUT2D eigenvalue weighted by Crippen LogP contribution is 2.50. The lowest BCUT2D eigenvalue weighted by Gasteiger charge is -2.12. The Kier molecular flexibility index (Phi) is 2.14. The first-order valence-electron chi connectivity index (χ1n) is 4.19. The van der Waals surface area contributed by atoms with Gasteiger partial charge < -0.3 is 0 Å². The van der Waals surface area contributed by atoms with Crippen molar-refractivity contribution >= 4 is 15.9 Å². The van der Waals surface area contributed by atoms with Crippen LogP contribution in [-0.4, -0.2) is 5.33 Å². The van der Waals surface area contributed by atoms with E-state index >= 15 is 0 Å². The van der Waals surface area contributed by atoms with Crippen molar-refractivity contribution in [1.82, 2.24) is 0 Å². The van der Waals surface area contributed by atoms with Crippen molar-refractivity contribution in [2.45, 2.75) is 18.3 Å². The SMILES string of the molecule is Fc1ccc(C2(CBr)CC2)c(F)c1. The van der Waals surface area contributed by atoms with E-state index in [1.807, 2.05) is 0 Å². The second-order valence-electron chi connectivity index (χ2n) is 3.54. The summed E-state index contributed by atoms with van der Waals surface area (Å²) in [5.74, 6) is -0.927. The maximum Gasteiger partial charge on any atom is 0.129 e. The van der Waals surface area contributed by atoms with E-state index in [2.05, 4.69) is 15.9 Å². The van der Waals surface area contributed by atoms with E-state index in [1.165, 1.54) is 6.07 Å². The van der Waals surface area contributed by atoms with Crippen LogP contribution in [0.5, 0.6) is 0 Å². The van der Waals surface area contributed by atoms with Gasteiger partial charge in [0.05, 0.1) is 0 Å². The molecule has 1 fully saturated rings. The van der Waals surface area contributed by atoms with Crippen molar-refractivity contribution in [2.24, 2.45) is 0 Å². The maximum atomic E-state index is 13.3. The first-order chi connectivity index (χ1) is 6.18. The van der Waals surface area contributed by atoms with Gasteiger partial charge in [0.2, 0.25) is 0 Å². The highest BCUT2D eigenvalue weighted by Gasteiger charge is 2.44. The smallest absolute Gasteiger partial charge is 0.129 e. The number of rotatable bonds is 2. The van der Waals surface area contributed by atoms with E-state index in [1.54, 1.807) is 6.07 Å². The van der Waals surface area contributed by atoms with Crippen molar-refractivity contribution in [3.05, 3.63) is 35.4 Å². The van der Waals surface area contributed by atoms with Crippen molar-refractivity contribution in [3.8, 4) is 0 Å². The van der Waals surface area contributed by atoms with Gasteiger partial charge in [-0.15, -0.1) is 0 Å². The number of benzene rings is 1. The van der Waals surface area contributed by atoms with E-state index in [0.29, 0.717) is 5.56 Å². The normalized spacial score (nSPS) is 18.7. The molecule has 0 radical (unpaired) electrons. The summed E-state index contributed by atoms with van der Waals surface area (Å²) >= 11 is 3.36. The third kappa shape index (κ3) is 1.50. The molecule has 0 saturated heterocycles. The van der Waals surface area contributed by atoms with Crippen LogP contribution in [0.1, 0.15) is 18.4 Å². The summed E-state index contributed by atoms with van der Waals surface area (Å²) in [5, 5.41) is 0.753. The molecule has 0 unspecified atom stereocenters. The van der Waals surface area contributed by atoms with Crippen LogP contribution in [0.15, 0.2) is 18.2 Å². The number of hydrogen-bond donors (Lipinski definition) is 0. The van der Waals surface area contributed by atoms with Gasteiger partial charge in [-0.25, -0.2) is 8.78 Å². The number of hydrogen-bond acceptors (Lipinski definition) is 0. The molecular weight excluding hydrogens is 238 g/mol. The third-order valence-corrected chi connectivity index (χ3v) is 3.69. The Balaban J connectivity index is 2.41. The first kappa shape index (κ1) is 9.13. The molecule has 0 aromatic heterocycles. The standard InChI is InChI=1S/C10H9BrF2/c11-6-10(3-4-10)8-2-1-7(12)5-9(8)13/h1-2,5H,3-4,6H2. The van der Waals surface area contributed by atoms with Crippen molar-refractivity contribution in [1.29, 1.82) is 0 Å². The molecular formula is C10H9BrF2. The van der Waals surface area contributed by atoms with Crippen molar-refractivity contribution in [2.75, 3.05) is 5.33 Å². The van der Waals surface area contributed by atoms with Gasteiger partial charge in [-0.05, 0) is 24.5 Å². The highest BCUT2D eigenvalue weighted by molar-refractivity contribution is 9.09. The fourth-order valence-corrected chi connectivity index (χ4v) is 2.41. The Morgan fingerprint density at radius 2 is 2.00 bits per heavy atom. The highest BCUT2D eigenvalue weighted by atomic mass is 79.9. The Hall–Kier alpha value is -0.440. The van der Waals surface area contributed by atoms with Crippen LogP contribution in [0, 0.1) is 11.6 Å². The molecule has 2 rings (SSSR count). The Morgan fingerprint density at radius 1 is 1.31 bits per heavy atom. The average Bonchev–Trinajstić information content (AvgIpc) is 2.85. The minimum absolute atomic E-state index is 0.0578. The van der Waals surface area contributed by atoms with Gasteiger partial charge >= 0.3 is 0 Å². The first-order valence-corrected chi connectivity index (χ1v) is 5.32. The minimum atomic E-state index is -0.508. The molecule has 0 N–H and O–H groups in total. The molecule has 1 saturated carbocycles. The molecule has 1 aromatic rings. The summed E-state index contributed by atoms with van der Waals surface area (Å²) < 4.78 is 25.9. The van der Waals surface area contributed by atoms with Crippen LogP contribution in [0.4, 0.5) is 8.78 Å². The molecule has 0 atom stereocenters. The zero-order valence-corrected chi connectivity index (χ0v) is 8.57. The van der Waals surface area contributed by atoms with E-state index < -0.39 is 11.6 Å². The molecule has 0 heterocycles. The molecule has 3 heteroatoms. The molecule has 1 aliphatic carbocycles. The summed E-state index contributed by atoms with van der Waals surface area (Å²) in [5.41, 5.74) is 0.586. The van der Waals surface area contributed by atoms with Gasteiger partial charge in [0.1, 0.15) is 11.6 Å². The van der Waals surface area contributed by atoms with Crippen LogP contribution in [0.25, 0.3) is 0 Å². The van der Waals surface area contributed by atoms with Gasteiger partial charge in [0.15, 0.2) is 0 Å². The monoisotopic (exact) mass is 246 g/mol. The average molecular weight is 247 g/mol. The quantitative estimate of drug-likeness (QED) is 0.702. The Morgan fingerprint density at radius 3 is 2.46 bits per heavy atom. The molecule has 1 aliphatic rings. The van der Waals surface area contributed by atoms with Gasteiger partial charge in [0, 0.05) is 16.8 Å². The van der Waals surface area contributed by atoms with Crippen molar-refractivity contribution < 1.29 is 8.78 Å². The van der Waals surface area contributed by atoms with Crippen LogP contribution in [0.2, 0.25) is 0 Å². The predicted octanol–water partition coefficient (Wildman–Crippen LogP) is 3.39. The van der Waals surface area contributed by atoms with Gasteiger partial charge in [-0.2, -0.15) is 0 Å². The minimum Gasteiger partial charge on any atom is -0.207 e. The second-order valence-corrected chi connectivity index (χ2v) is 4.10. The molecule has 0 aliphatic heterocycles. The molecule has 0 spiro atoms. The molecule has 0 nitrogen and oxygen atoms in total. The zero-order valence-electron chi connectivity index (χ0n) is 6.99. The lowest BCUT2D eigenvalue weighted by molar-refractivity contribution is 0.559. The van der Waals surface area contributed by atoms with E-state index in [4.69, 9.17) is 0 Å². The topological polar surface area (TPSA) is 0 Å². The molecule has 1 aromatic carbocycles. The maximum absolute atomic E-state index is 13.3. The predicted molar refractivity (Wildman–Crippen MR) is 51.1 cm³/mol. The van der Waals surface area contributed by atoms with Crippen LogP contribution < -0.4 is 0 Å². The van der Waals surface area contributed by atoms with Crippen LogP contribution in [-0.2, 0) is 5.41 Å². The molecule has 0 amide bonds. The fraction of sp³-hybridized carbons (Fsp3) is 0.400. The third-order valence-electron chi connectivity index (χ3n) is 2.61. The zero-order chi connectivity index (χ0) is 9.47. The van der Waals surface area contributed by atoms with Crippen LogP contribution in [0.3, 0.4) is 0 Å². The fourth-order valence-electron chi connectivity index (χ4n) is 1.55. The van der Waals surface area contributed by atoms with Gasteiger partial charge in [0.25, 0.3) is 0 Å². The molecule has 0 bridgehead atoms. The summed E-state index contributed by atoms with van der Waals surface area (Å²) in [6.07, 6.45) is 1.97. The van der Waals surface area contributed by atoms with E-state index in [0.717, 1.165) is 24.2 Å². The van der Waals surface area contributed by atoms with Gasteiger partial charge in [-0.1, -0.05) is 22.0 Å². The van der Waals surface area contributed by atoms with E-state index in [9.17, 15) is 8.78 Å². The van der Waals surface area contributed by atoms with Crippen LogP contribution >= 0.6 is 15.9 Å². The summed E-state index contributed by atoms with van der Waals surface area (Å²) in [6, 6.07) is 3.83. The lowest BCUT2D eigenvalue weighted by atomic mass is 9.98. The summed E-state index contributed by atoms with van der Waals surface area (Å²) in [4.78, 5) is 0. The largest absolute Gasteiger partial charge is 0.207 e. The Bertz CT molecular complexity index is 332. The lowest BCUT2D eigenvalue weighted by Crippen LogP contribution is -2.10.